The maximum atomic E-state index is 10.9. The summed E-state index contributed by atoms with van der Waals surface area (Å²) in [5, 5.41) is 8.97. The molecule has 1 saturated heterocycles. The number of hydrogen-bond acceptors (Lipinski definition) is 4. The molecular weight excluding hydrogens is 266 g/mol. The standard InChI is InChI=1S/C16H25N3O2/c1-16(2,3)12-5-4-7-19(8-6-12)14-13(17)9-11(10-18-14)15(20)21/h9-10,12H,4-8,17H2,1-3H3,(H,20,21). The van der Waals surface area contributed by atoms with Gasteiger partial charge < -0.3 is 15.7 Å². The van der Waals surface area contributed by atoms with E-state index < -0.39 is 5.97 Å². The number of hydrogen-bond donors (Lipinski definition) is 2. The van der Waals surface area contributed by atoms with Crippen molar-refractivity contribution in [2.24, 2.45) is 11.3 Å². The fourth-order valence-electron chi connectivity index (χ4n) is 3.03. The van der Waals surface area contributed by atoms with Gasteiger partial charge in [0, 0.05) is 19.3 Å². The lowest BCUT2D eigenvalue weighted by molar-refractivity contribution is 0.0696. The Bertz CT molecular complexity index is 523. The van der Waals surface area contributed by atoms with Crippen molar-refractivity contribution in [1.29, 1.82) is 0 Å². The Hall–Kier alpha value is -1.78. The summed E-state index contributed by atoms with van der Waals surface area (Å²) in [7, 11) is 0. The van der Waals surface area contributed by atoms with Gasteiger partial charge in [0.15, 0.2) is 5.82 Å². The maximum absolute atomic E-state index is 10.9. The van der Waals surface area contributed by atoms with Gasteiger partial charge in [-0.3, -0.25) is 0 Å². The van der Waals surface area contributed by atoms with Gasteiger partial charge in [0.05, 0.1) is 11.3 Å². The van der Waals surface area contributed by atoms with Gasteiger partial charge in [0.25, 0.3) is 0 Å². The molecule has 0 amide bonds. The molecule has 0 radical (unpaired) electrons. The van der Waals surface area contributed by atoms with Gasteiger partial charge in [-0.05, 0) is 36.7 Å². The van der Waals surface area contributed by atoms with E-state index in [1.54, 1.807) is 0 Å². The second-order valence-corrected chi connectivity index (χ2v) is 6.92. The molecule has 5 heteroatoms. The van der Waals surface area contributed by atoms with Gasteiger partial charge in [-0.25, -0.2) is 9.78 Å². The molecule has 1 aromatic heterocycles. The molecule has 0 bridgehead atoms. The predicted molar refractivity (Wildman–Crippen MR) is 84.6 cm³/mol. The smallest absolute Gasteiger partial charge is 0.337 e. The number of nitrogen functional groups attached to an aromatic ring is 1. The topological polar surface area (TPSA) is 79.5 Å². The molecule has 0 saturated carbocycles. The average Bonchev–Trinajstić information content (AvgIpc) is 2.63. The second kappa shape index (κ2) is 5.92. The molecule has 1 atom stereocenters. The Morgan fingerprint density at radius 1 is 1.38 bits per heavy atom. The van der Waals surface area contributed by atoms with Crippen molar-refractivity contribution in [1.82, 2.24) is 4.98 Å². The molecule has 3 N–H and O–H groups in total. The zero-order valence-corrected chi connectivity index (χ0v) is 13.1. The van der Waals surface area contributed by atoms with Crippen LogP contribution in [0.15, 0.2) is 12.3 Å². The van der Waals surface area contributed by atoms with Crippen LogP contribution >= 0.6 is 0 Å². The quantitative estimate of drug-likeness (QED) is 0.875. The van der Waals surface area contributed by atoms with E-state index in [0.717, 1.165) is 31.7 Å². The largest absolute Gasteiger partial charge is 0.478 e. The van der Waals surface area contributed by atoms with Crippen molar-refractivity contribution in [2.45, 2.75) is 40.0 Å². The number of nitrogens with zero attached hydrogens (tertiary/aromatic N) is 2. The maximum Gasteiger partial charge on any atom is 0.337 e. The molecule has 1 unspecified atom stereocenters. The van der Waals surface area contributed by atoms with Crippen LogP contribution in [0.2, 0.25) is 0 Å². The Balaban J connectivity index is 2.14. The van der Waals surface area contributed by atoms with E-state index in [4.69, 9.17) is 10.8 Å². The zero-order chi connectivity index (χ0) is 15.6. The molecule has 0 spiro atoms. The SMILES string of the molecule is CC(C)(C)C1CCCN(c2ncc(C(=O)O)cc2N)CC1. The molecule has 1 aliphatic rings. The number of rotatable bonds is 2. The number of aromatic carboxylic acids is 1. The highest BCUT2D eigenvalue weighted by molar-refractivity contribution is 5.89. The first-order valence-corrected chi connectivity index (χ1v) is 7.53. The Morgan fingerprint density at radius 3 is 2.67 bits per heavy atom. The van der Waals surface area contributed by atoms with Crippen molar-refractivity contribution < 1.29 is 9.90 Å². The van der Waals surface area contributed by atoms with Crippen LogP contribution in [0.1, 0.15) is 50.4 Å². The summed E-state index contributed by atoms with van der Waals surface area (Å²) < 4.78 is 0. The predicted octanol–water partition coefficient (Wildman–Crippen LogP) is 3.01. The molecule has 5 nitrogen and oxygen atoms in total. The fourth-order valence-corrected chi connectivity index (χ4v) is 3.03. The number of anilines is 2. The molecule has 1 fully saturated rings. The van der Waals surface area contributed by atoms with Crippen molar-refractivity contribution in [3.8, 4) is 0 Å². The summed E-state index contributed by atoms with van der Waals surface area (Å²) in [6.45, 7) is 8.73. The van der Waals surface area contributed by atoms with Crippen LogP contribution in [-0.2, 0) is 0 Å². The van der Waals surface area contributed by atoms with Crippen LogP contribution in [0, 0.1) is 11.3 Å². The molecule has 2 rings (SSSR count). The summed E-state index contributed by atoms with van der Waals surface area (Å²) in [4.78, 5) is 17.4. The molecule has 1 aromatic rings. The van der Waals surface area contributed by atoms with Gasteiger partial charge in [0.1, 0.15) is 0 Å². The highest BCUT2D eigenvalue weighted by Gasteiger charge is 2.27. The minimum atomic E-state index is -0.996. The van der Waals surface area contributed by atoms with Gasteiger partial charge >= 0.3 is 5.97 Å². The normalized spacial score (nSPS) is 20.1. The van der Waals surface area contributed by atoms with Crippen molar-refractivity contribution >= 4 is 17.5 Å². The average molecular weight is 291 g/mol. The summed E-state index contributed by atoms with van der Waals surface area (Å²) >= 11 is 0. The number of carbonyl (C=O) groups is 1. The van der Waals surface area contributed by atoms with Crippen LogP contribution in [0.25, 0.3) is 0 Å². The molecule has 0 aliphatic carbocycles. The van der Waals surface area contributed by atoms with E-state index in [9.17, 15) is 4.79 Å². The van der Waals surface area contributed by atoms with Gasteiger partial charge in [-0.15, -0.1) is 0 Å². The summed E-state index contributed by atoms with van der Waals surface area (Å²) in [6.07, 6.45) is 4.84. The Kier molecular flexibility index (Phi) is 4.40. The van der Waals surface area contributed by atoms with E-state index in [0.29, 0.717) is 17.0 Å². The van der Waals surface area contributed by atoms with Crippen LogP contribution < -0.4 is 10.6 Å². The van der Waals surface area contributed by atoms with E-state index in [2.05, 4.69) is 30.7 Å². The minimum Gasteiger partial charge on any atom is -0.478 e. The zero-order valence-electron chi connectivity index (χ0n) is 13.1. The van der Waals surface area contributed by atoms with E-state index in [1.807, 2.05) is 0 Å². The van der Waals surface area contributed by atoms with Crippen molar-refractivity contribution in [2.75, 3.05) is 23.7 Å². The third kappa shape index (κ3) is 3.65. The lowest BCUT2D eigenvalue weighted by Gasteiger charge is -2.30. The van der Waals surface area contributed by atoms with E-state index in [1.165, 1.54) is 18.7 Å². The molecule has 21 heavy (non-hydrogen) atoms. The number of aromatic nitrogens is 1. The highest BCUT2D eigenvalue weighted by atomic mass is 16.4. The van der Waals surface area contributed by atoms with Crippen molar-refractivity contribution in [3.63, 3.8) is 0 Å². The first-order chi connectivity index (χ1) is 9.79. The molecule has 1 aliphatic heterocycles. The first kappa shape index (κ1) is 15.6. The van der Waals surface area contributed by atoms with Gasteiger partial charge in [-0.1, -0.05) is 20.8 Å². The number of nitrogens with two attached hydrogens (primary N) is 1. The molecule has 116 valence electrons. The van der Waals surface area contributed by atoms with Crippen molar-refractivity contribution in [3.05, 3.63) is 17.8 Å². The summed E-state index contributed by atoms with van der Waals surface area (Å²) in [6, 6.07) is 1.50. The van der Waals surface area contributed by atoms with Crippen LogP contribution in [-0.4, -0.2) is 29.1 Å². The lowest BCUT2D eigenvalue weighted by atomic mass is 9.77. The van der Waals surface area contributed by atoms with Crippen LogP contribution in [0.3, 0.4) is 0 Å². The number of pyridine rings is 1. The van der Waals surface area contributed by atoms with Gasteiger partial charge in [-0.2, -0.15) is 0 Å². The highest BCUT2D eigenvalue weighted by Crippen LogP contribution is 2.35. The van der Waals surface area contributed by atoms with E-state index in [-0.39, 0.29) is 5.56 Å². The summed E-state index contributed by atoms with van der Waals surface area (Å²) in [5.74, 6) is 0.418. The molecule has 0 aromatic carbocycles. The van der Waals surface area contributed by atoms with Crippen LogP contribution in [0.4, 0.5) is 11.5 Å². The number of carboxylic acid groups (broad SMARTS) is 1. The monoisotopic (exact) mass is 291 g/mol. The molecule has 2 heterocycles. The Morgan fingerprint density at radius 2 is 2.10 bits per heavy atom. The first-order valence-electron chi connectivity index (χ1n) is 7.53. The minimum absolute atomic E-state index is 0.138. The van der Waals surface area contributed by atoms with E-state index >= 15 is 0 Å². The second-order valence-electron chi connectivity index (χ2n) is 6.92. The Labute approximate surface area is 126 Å². The van der Waals surface area contributed by atoms with Gasteiger partial charge in [0.2, 0.25) is 0 Å². The van der Waals surface area contributed by atoms with Crippen LogP contribution in [0.5, 0.6) is 0 Å². The summed E-state index contributed by atoms with van der Waals surface area (Å²) in [5.41, 5.74) is 6.90. The molecular formula is C16H25N3O2. The number of carboxylic acids is 1. The fraction of sp³-hybridized carbons (Fsp3) is 0.625. The third-order valence-electron chi connectivity index (χ3n) is 4.39. The lowest BCUT2D eigenvalue weighted by Crippen LogP contribution is -2.27. The third-order valence-corrected chi connectivity index (χ3v) is 4.39.